The van der Waals surface area contributed by atoms with Gasteiger partial charge in [-0.15, -0.1) is 13.2 Å². The van der Waals surface area contributed by atoms with Gasteiger partial charge in [0.2, 0.25) is 0 Å². The van der Waals surface area contributed by atoms with E-state index in [1.807, 2.05) is 12.2 Å². The Morgan fingerprint density at radius 3 is 2.35 bits per heavy atom. The lowest BCUT2D eigenvalue weighted by atomic mass is 10.1. The lowest BCUT2D eigenvalue weighted by molar-refractivity contribution is -0.146. The van der Waals surface area contributed by atoms with E-state index in [1.54, 1.807) is 0 Å². The first-order valence-corrected chi connectivity index (χ1v) is 11.2. The summed E-state index contributed by atoms with van der Waals surface area (Å²) in [6.45, 7) is 19.5. The monoisotopic (exact) mass is 339 g/mol. The van der Waals surface area contributed by atoms with Crippen molar-refractivity contribution in [3.63, 3.8) is 0 Å². The van der Waals surface area contributed by atoms with Crippen molar-refractivity contribution in [1.29, 1.82) is 0 Å². The minimum atomic E-state index is -1.91. The van der Waals surface area contributed by atoms with Gasteiger partial charge in [-0.25, -0.2) is 0 Å². The first kappa shape index (κ1) is 20.1. The van der Waals surface area contributed by atoms with Crippen LogP contribution in [0.15, 0.2) is 25.3 Å². The Bertz CT molecular complexity index is 442. The zero-order valence-electron chi connectivity index (χ0n) is 15.6. The van der Waals surface area contributed by atoms with Crippen molar-refractivity contribution in [2.24, 2.45) is 0 Å². The van der Waals surface area contributed by atoms with Crippen LogP contribution in [0.1, 0.15) is 33.6 Å². The number of nitrogens with zero attached hydrogens (tertiary/aromatic N) is 1. The van der Waals surface area contributed by atoms with Gasteiger partial charge in [0.15, 0.2) is 8.32 Å². The van der Waals surface area contributed by atoms with Crippen LogP contribution in [0.2, 0.25) is 18.1 Å². The van der Waals surface area contributed by atoms with E-state index in [0.717, 1.165) is 6.42 Å². The van der Waals surface area contributed by atoms with Gasteiger partial charge in [-0.05, 0) is 24.6 Å². The largest absolute Gasteiger partial charge is 0.468 e. The minimum absolute atomic E-state index is 0.0259. The molecule has 3 atom stereocenters. The van der Waals surface area contributed by atoms with Crippen LogP contribution in [-0.2, 0) is 14.0 Å². The first-order chi connectivity index (χ1) is 10.6. The normalized spacial score (nSPS) is 26.1. The number of carbonyl (C=O) groups excluding carboxylic acids is 1. The molecule has 0 aromatic heterocycles. The SMILES string of the molecule is C=CCC1[C@H](O[Si](C)(C)C(C)(C)C)C[C@@H](C(=O)OC)N1CC=C. The van der Waals surface area contributed by atoms with Crippen LogP contribution >= 0.6 is 0 Å². The van der Waals surface area contributed by atoms with Crippen LogP contribution in [-0.4, -0.2) is 51.0 Å². The molecule has 0 N–H and O–H groups in total. The average molecular weight is 340 g/mol. The highest BCUT2D eigenvalue weighted by atomic mass is 28.4. The highest BCUT2D eigenvalue weighted by Gasteiger charge is 2.48. The van der Waals surface area contributed by atoms with Crippen LogP contribution in [0.5, 0.6) is 0 Å². The predicted octanol–water partition coefficient (Wildman–Crippen LogP) is 3.75. The molecule has 0 spiro atoms. The third-order valence-electron chi connectivity index (χ3n) is 5.18. The number of rotatable bonds is 7. The van der Waals surface area contributed by atoms with Gasteiger partial charge in [-0.2, -0.15) is 0 Å². The lowest BCUT2D eigenvalue weighted by Crippen LogP contribution is -2.48. The molecule has 0 aromatic rings. The molecular formula is C18H33NO3Si. The summed E-state index contributed by atoms with van der Waals surface area (Å²) in [7, 11) is -0.463. The molecule has 0 amide bonds. The summed E-state index contributed by atoms with van der Waals surface area (Å²) in [6, 6.07) is -0.124. The molecule has 0 aromatic carbocycles. The molecule has 1 heterocycles. The average Bonchev–Trinajstić information content (AvgIpc) is 2.76. The van der Waals surface area contributed by atoms with Crippen molar-refractivity contribution in [3.05, 3.63) is 25.3 Å². The quantitative estimate of drug-likeness (QED) is 0.402. The van der Waals surface area contributed by atoms with E-state index >= 15 is 0 Å². The molecule has 1 fully saturated rings. The first-order valence-electron chi connectivity index (χ1n) is 8.32. The molecule has 0 saturated carbocycles. The number of carbonyl (C=O) groups is 1. The van der Waals surface area contributed by atoms with Crippen molar-refractivity contribution < 1.29 is 14.0 Å². The maximum Gasteiger partial charge on any atom is 0.323 e. The van der Waals surface area contributed by atoms with Crippen molar-refractivity contribution in [2.75, 3.05) is 13.7 Å². The van der Waals surface area contributed by atoms with E-state index < -0.39 is 8.32 Å². The van der Waals surface area contributed by atoms with E-state index in [9.17, 15) is 4.79 Å². The molecule has 1 aliphatic heterocycles. The highest BCUT2D eigenvalue weighted by Crippen LogP contribution is 2.40. The van der Waals surface area contributed by atoms with Crippen molar-refractivity contribution >= 4 is 14.3 Å². The summed E-state index contributed by atoms with van der Waals surface area (Å²) >= 11 is 0. The minimum Gasteiger partial charge on any atom is -0.468 e. The molecule has 132 valence electrons. The number of methoxy groups -OCH3 is 1. The van der Waals surface area contributed by atoms with Gasteiger partial charge >= 0.3 is 5.97 Å². The molecule has 1 unspecified atom stereocenters. The van der Waals surface area contributed by atoms with Crippen molar-refractivity contribution in [3.8, 4) is 0 Å². The Hall–Kier alpha value is -0.913. The Kier molecular flexibility index (Phi) is 6.80. The predicted molar refractivity (Wildman–Crippen MR) is 98.0 cm³/mol. The second-order valence-corrected chi connectivity index (χ2v) is 12.5. The number of hydrogen-bond donors (Lipinski definition) is 0. The molecule has 0 aliphatic carbocycles. The van der Waals surface area contributed by atoms with Crippen LogP contribution in [0, 0.1) is 0 Å². The third kappa shape index (κ3) is 4.55. The molecule has 1 aliphatic rings. The van der Waals surface area contributed by atoms with E-state index in [2.05, 4.69) is 51.9 Å². The Balaban J connectivity index is 3.07. The topological polar surface area (TPSA) is 38.8 Å². The second-order valence-electron chi connectivity index (χ2n) is 7.77. The summed E-state index contributed by atoms with van der Waals surface area (Å²) in [5.74, 6) is -0.192. The maximum atomic E-state index is 12.2. The van der Waals surface area contributed by atoms with Crippen LogP contribution in [0.25, 0.3) is 0 Å². The number of hydrogen-bond acceptors (Lipinski definition) is 4. The Morgan fingerprint density at radius 2 is 1.91 bits per heavy atom. The zero-order valence-corrected chi connectivity index (χ0v) is 16.6. The summed E-state index contributed by atoms with van der Waals surface area (Å²) in [5.41, 5.74) is 0. The molecule has 23 heavy (non-hydrogen) atoms. The Labute approximate surface area is 142 Å². The van der Waals surface area contributed by atoms with E-state index in [0.29, 0.717) is 13.0 Å². The maximum absolute atomic E-state index is 12.2. The van der Waals surface area contributed by atoms with Gasteiger partial charge in [0, 0.05) is 19.0 Å². The summed E-state index contributed by atoms with van der Waals surface area (Å²) in [6.07, 6.45) is 5.23. The van der Waals surface area contributed by atoms with Crippen LogP contribution in [0.3, 0.4) is 0 Å². The van der Waals surface area contributed by atoms with E-state index in [4.69, 9.17) is 9.16 Å². The van der Waals surface area contributed by atoms with Crippen molar-refractivity contribution in [1.82, 2.24) is 4.90 Å². The smallest absolute Gasteiger partial charge is 0.323 e. The highest BCUT2D eigenvalue weighted by molar-refractivity contribution is 6.74. The second kappa shape index (κ2) is 7.77. The van der Waals surface area contributed by atoms with Gasteiger partial charge in [-0.3, -0.25) is 9.69 Å². The molecule has 5 heteroatoms. The van der Waals surface area contributed by atoms with E-state index in [-0.39, 0.29) is 29.2 Å². The zero-order chi connectivity index (χ0) is 17.8. The molecule has 0 bridgehead atoms. The fourth-order valence-electron chi connectivity index (χ4n) is 2.88. The summed E-state index contributed by atoms with van der Waals surface area (Å²) in [4.78, 5) is 14.3. The fraction of sp³-hybridized carbons (Fsp3) is 0.722. The summed E-state index contributed by atoms with van der Waals surface area (Å²) < 4.78 is 11.6. The molecule has 4 nitrogen and oxygen atoms in total. The molecule has 1 rings (SSSR count). The van der Waals surface area contributed by atoms with E-state index in [1.165, 1.54) is 7.11 Å². The fourth-order valence-corrected chi connectivity index (χ4v) is 4.24. The van der Waals surface area contributed by atoms with Gasteiger partial charge < -0.3 is 9.16 Å². The number of ether oxygens (including phenoxy) is 1. The lowest BCUT2D eigenvalue weighted by Gasteiger charge is -2.40. The standard InChI is InChI=1S/C18H33NO3Si/c1-9-11-14-16(22-23(7,8)18(3,4)5)13-15(17(20)21-6)19(14)12-10-2/h9-10,14-16H,1-2,11-13H2,3-8H3/t14?,15-,16+/m0/s1. The van der Waals surface area contributed by atoms with Crippen molar-refractivity contribution in [2.45, 2.75) is 69.9 Å². The Morgan fingerprint density at radius 1 is 1.30 bits per heavy atom. The van der Waals surface area contributed by atoms with Gasteiger partial charge in [0.1, 0.15) is 6.04 Å². The van der Waals surface area contributed by atoms with Gasteiger partial charge in [0.05, 0.1) is 13.2 Å². The molecular weight excluding hydrogens is 306 g/mol. The van der Waals surface area contributed by atoms with Gasteiger partial charge in [0.25, 0.3) is 0 Å². The number of likely N-dealkylation sites (tertiary alicyclic amines) is 1. The third-order valence-corrected chi connectivity index (χ3v) is 9.69. The van der Waals surface area contributed by atoms with Gasteiger partial charge in [-0.1, -0.05) is 32.9 Å². The molecule has 1 saturated heterocycles. The van der Waals surface area contributed by atoms with Crippen LogP contribution in [0.4, 0.5) is 0 Å². The summed E-state index contributed by atoms with van der Waals surface area (Å²) in [5, 5.41) is 0.137. The molecule has 0 radical (unpaired) electrons. The van der Waals surface area contributed by atoms with Crippen LogP contribution < -0.4 is 0 Å². The number of esters is 1.